The number of imidazole rings is 1. The van der Waals surface area contributed by atoms with Gasteiger partial charge in [-0.15, -0.1) is 0 Å². The normalized spacial score (nSPS) is 18.8. The molecule has 4 rings (SSSR count). The second kappa shape index (κ2) is 14.4. The van der Waals surface area contributed by atoms with Crippen molar-refractivity contribution in [1.82, 2.24) is 40.4 Å². The summed E-state index contributed by atoms with van der Waals surface area (Å²) in [5.74, 6) is -1.48. The van der Waals surface area contributed by atoms with Crippen LogP contribution in [0.1, 0.15) is 66.8 Å². The third kappa shape index (κ3) is 7.96. The molecule has 43 heavy (non-hydrogen) atoms. The molecule has 5 N–H and O–H groups in total. The summed E-state index contributed by atoms with van der Waals surface area (Å²) in [7, 11) is 0. The lowest BCUT2D eigenvalue weighted by Gasteiger charge is -2.25. The number of benzene rings is 1. The standard InChI is InChI=1S/C29H38N8O6/c1-3-18(2)25-27(41)31-11-6-14-37-22-15-19(8-9-20(22)34-29(37)43)26(40)30-10-5-13-36(12-4-7-23(38)35-25)28(42)21-16-33-24(39)17-32-21/h8-9,15-18,25H,3-7,10-14H2,1-2H3,(H,30,40)(H,31,41)(H,33,39)(H,34,43)(H,35,38)/t18-,25-/m0/s1. The van der Waals surface area contributed by atoms with Gasteiger partial charge in [-0.2, -0.15) is 0 Å². The Morgan fingerprint density at radius 2 is 1.77 bits per heavy atom. The van der Waals surface area contributed by atoms with Crippen LogP contribution in [0.4, 0.5) is 0 Å². The Hall–Kier alpha value is -4.75. The van der Waals surface area contributed by atoms with E-state index in [2.05, 4.69) is 30.9 Å². The molecule has 0 radical (unpaired) electrons. The number of hydrogen-bond acceptors (Lipinski definition) is 7. The van der Waals surface area contributed by atoms with Crippen LogP contribution in [-0.2, 0) is 16.1 Å². The predicted octanol–water partition coefficient (Wildman–Crippen LogP) is 0.506. The van der Waals surface area contributed by atoms with Crippen LogP contribution in [0.3, 0.4) is 0 Å². The van der Waals surface area contributed by atoms with Gasteiger partial charge in [-0.05, 0) is 43.4 Å². The summed E-state index contributed by atoms with van der Waals surface area (Å²) >= 11 is 0. The van der Waals surface area contributed by atoms with Crippen molar-refractivity contribution in [3.05, 3.63) is 62.7 Å². The quantitative estimate of drug-likeness (QED) is 0.292. The first-order valence-electron chi connectivity index (χ1n) is 14.6. The molecule has 0 saturated carbocycles. The van der Waals surface area contributed by atoms with Crippen molar-refractivity contribution in [2.75, 3.05) is 26.2 Å². The SMILES string of the molecule is CC[C@H](C)[C@@H]1NC(=O)CCCN(C(=O)c2c[nH]c(=O)cn2)CCCNC(=O)c2ccc3[nH]c(=O)n(c3c2)CCCNC1=O. The molecule has 2 atom stereocenters. The van der Waals surface area contributed by atoms with Crippen LogP contribution >= 0.6 is 0 Å². The Labute approximate surface area is 247 Å². The largest absolute Gasteiger partial charge is 0.354 e. The fourth-order valence-corrected chi connectivity index (χ4v) is 4.96. The number of nitrogens with one attached hydrogen (secondary N) is 5. The van der Waals surface area contributed by atoms with Gasteiger partial charge in [-0.1, -0.05) is 20.3 Å². The summed E-state index contributed by atoms with van der Waals surface area (Å²) in [6.07, 6.45) is 4.23. The topological polar surface area (TPSA) is 191 Å². The number of H-pyrrole nitrogens is 2. The van der Waals surface area contributed by atoms with Crippen molar-refractivity contribution in [1.29, 1.82) is 0 Å². The number of aromatic nitrogens is 4. The average molecular weight is 595 g/mol. The van der Waals surface area contributed by atoms with Crippen LogP contribution in [0, 0.1) is 5.92 Å². The molecule has 3 aromatic rings. The van der Waals surface area contributed by atoms with Crippen LogP contribution in [0.15, 0.2) is 40.2 Å². The first-order chi connectivity index (χ1) is 20.7. The summed E-state index contributed by atoms with van der Waals surface area (Å²) in [5.41, 5.74) is 0.846. The van der Waals surface area contributed by atoms with E-state index in [0.29, 0.717) is 48.8 Å². The zero-order chi connectivity index (χ0) is 30.9. The Morgan fingerprint density at radius 1 is 1.02 bits per heavy atom. The van der Waals surface area contributed by atoms with Gasteiger partial charge in [0.05, 0.1) is 17.2 Å². The molecular weight excluding hydrogens is 556 g/mol. The summed E-state index contributed by atoms with van der Waals surface area (Å²) < 4.78 is 1.53. The fraction of sp³-hybridized carbons (Fsp3) is 0.483. The van der Waals surface area contributed by atoms with E-state index in [4.69, 9.17) is 0 Å². The molecular formula is C29H38N8O6. The molecule has 0 spiro atoms. The zero-order valence-electron chi connectivity index (χ0n) is 24.4. The van der Waals surface area contributed by atoms with Crippen LogP contribution in [-0.4, -0.2) is 80.3 Å². The van der Waals surface area contributed by atoms with Gasteiger partial charge < -0.3 is 30.8 Å². The third-order valence-corrected chi connectivity index (χ3v) is 7.61. The van der Waals surface area contributed by atoms with E-state index in [1.165, 1.54) is 15.7 Å². The van der Waals surface area contributed by atoms with Crippen molar-refractivity contribution in [3.63, 3.8) is 0 Å². The number of carbonyl (C=O) groups is 4. The van der Waals surface area contributed by atoms with Crippen LogP contribution in [0.2, 0.25) is 0 Å². The van der Waals surface area contributed by atoms with E-state index in [1.54, 1.807) is 18.2 Å². The van der Waals surface area contributed by atoms with Crippen LogP contribution in [0.25, 0.3) is 11.0 Å². The van der Waals surface area contributed by atoms with E-state index in [0.717, 1.165) is 6.20 Å². The van der Waals surface area contributed by atoms with Crippen LogP contribution < -0.4 is 27.2 Å². The van der Waals surface area contributed by atoms with Crippen molar-refractivity contribution < 1.29 is 19.2 Å². The molecule has 0 fully saturated rings. The zero-order valence-corrected chi connectivity index (χ0v) is 24.4. The first kappa shape index (κ1) is 31.2. The summed E-state index contributed by atoms with van der Waals surface area (Å²) in [6, 6.07) is 4.22. The van der Waals surface area contributed by atoms with Gasteiger partial charge in [0.15, 0.2) is 0 Å². The first-order valence-corrected chi connectivity index (χ1v) is 14.6. The maximum atomic E-state index is 13.2. The molecule has 1 aliphatic rings. The van der Waals surface area contributed by atoms with Gasteiger partial charge in [0.1, 0.15) is 11.7 Å². The van der Waals surface area contributed by atoms with Gasteiger partial charge in [0, 0.05) is 50.9 Å². The molecule has 14 nitrogen and oxygen atoms in total. The predicted molar refractivity (Wildman–Crippen MR) is 159 cm³/mol. The number of carbonyl (C=O) groups excluding carboxylic acids is 4. The Bertz CT molecular complexity index is 1570. The van der Waals surface area contributed by atoms with E-state index in [-0.39, 0.29) is 67.6 Å². The van der Waals surface area contributed by atoms with Crippen LogP contribution in [0.5, 0.6) is 0 Å². The number of aromatic amines is 2. The smallest absolute Gasteiger partial charge is 0.326 e. The Kier molecular flexibility index (Phi) is 10.5. The minimum atomic E-state index is -0.731. The fourth-order valence-electron chi connectivity index (χ4n) is 4.96. The lowest BCUT2D eigenvalue weighted by molar-refractivity contribution is -0.130. The second-order valence-electron chi connectivity index (χ2n) is 10.7. The Balaban J connectivity index is 1.56. The third-order valence-electron chi connectivity index (χ3n) is 7.61. The van der Waals surface area contributed by atoms with Gasteiger partial charge in [-0.25, -0.2) is 9.78 Å². The van der Waals surface area contributed by atoms with Crippen molar-refractivity contribution in [2.45, 2.75) is 58.5 Å². The van der Waals surface area contributed by atoms with Gasteiger partial charge in [0.25, 0.3) is 17.4 Å². The number of amides is 4. The molecule has 4 amide bonds. The monoisotopic (exact) mass is 594 g/mol. The molecule has 3 heterocycles. The van der Waals surface area contributed by atoms with Crippen molar-refractivity contribution in [3.8, 4) is 0 Å². The summed E-state index contributed by atoms with van der Waals surface area (Å²) in [4.78, 5) is 86.7. The average Bonchev–Trinajstić information content (AvgIpc) is 3.32. The highest BCUT2D eigenvalue weighted by atomic mass is 16.2. The highest BCUT2D eigenvalue weighted by Gasteiger charge is 2.26. The highest BCUT2D eigenvalue weighted by molar-refractivity contribution is 5.97. The molecule has 2 aromatic heterocycles. The minimum Gasteiger partial charge on any atom is -0.354 e. The molecule has 0 aliphatic carbocycles. The van der Waals surface area contributed by atoms with Gasteiger partial charge in [0.2, 0.25) is 11.8 Å². The van der Waals surface area contributed by atoms with E-state index < -0.39 is 17.5 Å². The van der Waals surface area contributed by atoms with E-state index >= 15 is 0 Å². The lowest BCUT2D eigenvalue weighted by atomic mass is 9.98. The lowest BCUT2D eigenvalue weighted by Crippen LogP contribution is -2.50. The maximum Gasteiger partial charge on any atom is 0.326 e. The summed E-state index contributed by atoms with van der Waals surface area (Å²) in [6.45, 7) is 5.19. The van der Waals surface area contributed by atoms with E-state index in [9.17, 15) is 28.8 Å². The number of rotatable bonds is 3. The molecule has 1 aliphatic heterocycles. The molecule has 0 saturated heterocycles. The van der Waals surface area contributed by atoms with E-state index in [1.807, 2.05) is 13.8 Å². The van der Waals surface area contributed by atoms with Crippen molar-refractivity contribution in [2.24, 2.45) is 5.92 Å². The van der Waals surface area contributed by atoms with Gasteiger partial charge in [-0.3, -0.25) is 28.5 Å². The maximum absolute atomic E-state index is 13.2. The molecule has 14 heteroatoms. The number of nitrogens with zero attached hydrogens (tertiary/aromatic N) is 3. The molecule has 0 unspecified atom stereocenters. The molecule has 230 valence electrons. The van der Waals surface area contributed by atoms with Crippen molar-refractivity contribution >= 4 is 34.7 Å². The number of aryl methyl sites for hydroxylation is 1. The minimum absolute atomic E-state index is 0.0537. The number of hydrogen-bond donors (Lipinski definition) is 5. The molecule has 2 bridgehead atoms. The Morgan fingerprint density at radius 3 is 2.51 bits per heavy atom. The summed E-state index contributed by atoms with van der Waals surface area (Å²) in [5, 5.41) is 8.57. The molecule has 1 aromatic carbocycles. The highest BCUT2D eigenvalue weighted by Crippen LogP contribution is 2.14. The second-order valence-corrected chi connectivity index (χ2v) is 10.7. The van der Waals surface area contributed by atoms with Gasteiger partial charge >= 0.3 is 5.69 Å². The number of fused-ring (bicyclic) bond motifs is 1.